The van der Waals surface area contributed by atoms with Crippen molar-refractivity contribution < 1.29 is 0 Å². The first-order valence-corrected chi connectivity index (χ1v) is 7.01. The summed E-state index contributed by atoms with van der Waals surface area (Å²) in [5.41, 5.74) is 8.05. The van der Waals surface area contributed by atoms with Crippen LogP contribution in [0.3, 0.4) is 0 Å². The molecular formula is C18H20B. The van der Waals surface area contributed by atoms with Crippen LogP contribution in [0.1, 0.15) is 31.9 Å². The molecule has 0 nitrogen and oxygen atoms in total. The number of allylic oxidation sites excluding steroid dienone is 1. The molecule has 0 aliphatic carbocycles. The van der Waals surface area contributed by atoms with E-state index >= 15 is 0 Å². The summed E-state index contributed by atoms with van der Waals surface area (Å²) in [4.78, 5) is 0. The van der Waals surface area contributed by atoms with Crippen LogP contribution >= 0.6 is 0 Å². The largest absolute Gasteiger partial charge is 0.193 e. The van der Waals surface area contributed by atoms with Gasteiger partial charge in [0.2, 0.25) is 0 Å². The molecule has 0 aromatic heterocycles. The first-order valence-electron chi connectivity index (χ1n) is 7.01. The smallest absolute Gasteiger partial charge is 0.0871 e. The summed E-state index contributed by atoms with van der Waals surface area (Å²) in [5.74, 6) is 0. The summed E-state index contributed by atoms with van der Waals surface area (Å²) in [7, 11) is 2.27. The van der Waals surface area contributed by atoms with Crippen LogP contribution in [0.15, 0.2) is 42.5 Å². The molecule has 0 saturated carbocycles. The molecule has 19 heavy (non-hydrogen) atoms. The van der Waals surface area contributed by atoms with E-state index < -0.39 is 0 Å². The first kappa shape index (κ1) is 13.7. The quantitative estimate of drug-likeness (QED) is 0.575. The summed E-state index contributed by atoms with van der Waals surface area (Å²) in [6.45, 7) is 8.24. The van der Waals surface area contributed by atoms with Gasteiger partial charge in [0.1, 0.15) is 0 Å². The van der Waals surface area contributed by atoms with Gasteiger partial charge in [-0.15, -0.1) is 0 Å². The highest BCUT2D eigenvalue weighted by Gasteiger charge is 2.19. The number of benzene rings is 2. The lowest BCUT2D eigenvalue weighted by Gasteiger charge is -2.07. The molecule has 0 amide bonds. The molecule has 0 bridgehead atoms. The number of fused-ring (bicyclic) bond motifs is 3. The van der Waals surface area contributed by atoms with Crippen molar-refractivity contribution in [2.45, 2.75) is 27.7 Å². The highest BCUT2D eigenvalue weighted by molar-refractivity contribution is 6.73. The van der Waals surface area contributed by atoms with Crippen LogP contribution in [-0.4, -0.2) is 7.28 Å². The van der Waals surface area contributed by atoms with Crippen molar-refractivity contribution in [2.75, 3.05) is 0 Å². The molecular weight excluding hydrogens is 227 g/mol. The third kappa shape index (κ3) is 2.51. The first-order chi connectivity index (χ1) is 9.29. The van der Waals surface area contributed by atoms with E-state index in [9.17, 15) is 0 Å². The van der Waals surface area contributed by atoms with E-state index in [1.807, 2.05) is 13.8 Å². The lowest BCUT2D eigenvalue weighted by molar-refractivity contribution is 1.46. The SMILES string of the molecule is C/C=C\c1cc2c(cc1C)[B]c1ccccc1-2.CC. The average Bonchev–Trinajstić information content (AvgIpc) is 2.79. The Morgan fingerprint density at radius 1 is 0.947 bits per heavy atom. The molecule has 0 N–H and O–H groups in total. The average molecular weight is 247 g/mol. The van der Waals surface area contributed by atoms with E-state index in [1.54, 1.807) is 0 Å². The van der Waals surface area contributed by atoms with Crippen molar-refractivity contribution in [2.24, 2.45) is 0 Å². The van der Waals surface area contributed by atoms with E-state index in [0.29, 0.717) is 0 Å². The Morgan fingerprint density at radius 3 is 2.42 bits per heavy atom. The second-order valence-electron chi connectivity index (χ2n) is 4.53. The predicted molar refractivity (Wildman–Crippen MR) is 87.7 cm³/mol. The second-order valence-corrected chi connectivity index (χ2v) is 4.53. The van der Waals surface area contributed by atoms with Crippen molar-refractivity contribution in [3.05, 3.63) is 53.6 Å². The van der Waals surface area contributed by atoms with Gasteiger partial charge in [-0.1, -0.05) is 67.3 Å². The van der Waals surface area contributed by atoms with Crippen molar-refractivity contribution >= 4 is 24.3 Å². The number of aryl methyl sites for hydroxylation is 1. The minimum atomic E-state index is 1.32. The maximum absolute atomic E-state index is 2.30. The van der Waals surface area contributed by atoms with Gasteiger partial charge in [0.15, 0.2) is 7.28 Å². The molecule has 2 aromatic carbocycles. The molecule has 1 heterocycles. The molecule has 2 aromatic rings. The van der Waals surface area contributed by atoms with Crippen molar-refractivity contribution in [1.82, 2.24) is 0 Å². The van der Waals surface area contributed by atoms with E-state index in [-0.39, 0.29) is 0 Å². The van der Waals surface area contributed by atoms with Crippen LogP contribution in [-0.2, 0) is 0 Å². The molecule has 0 unspecified atom stereocenters. The minimum Gasteiger partial charge on any atom is -0.0871 e. The lowest BCUT2D eigenvalue weighted by Crippen LogP contribution is -2.20. The van der Waals surface area contributed by atoms with Gasteiger partial charge >= 0.3 is 0 Å². The Balaban J connectivity index is 0.000000637. The molecule has 1 radical (unpaired) electrons. The van der Waals surface area contributed by atoms with Crippen LogP contribution < -0.4 is 10.9 Å². The Bertz CT molecular complexity index is 609. The summed E-state index contributed by atoms with van der Waals surface area (Å²) >= 11 is 0. The molecule has 1 heteroatoms. The highest BCUT2D eigenvalue weighted by Crippen LogP contribution is 2.23. The fourth-order valence-electron chi connectivity index (χ4n) is 2.49. The van der Waals surface area contributed by atoms with Crippen LogP contribution in [0.5, 0.6) is 0 Å². The number of hydrogen-bond donors (Lipinski definition) is 0. The Labute approximate surface area is 117 Å². The van der Waals surface area contributed by atoms with E-state index in [4.69, 9.17) is 0 Å². The Hall–Kier alpha value is -1.76. The molecule has 1 aliphatic rings. The lowest BCUT2D eigenvalue weighted by atomic mass is 9.67. The topological polar surface area (TPSA) is 0 Å². The normalized spacial score (nSPS) is 11.4. The van der Waals surface area contributed by atoms with Crippen molar-refractivity contribution in [3.8, 4) is 11.1 Å². The maximum atomic E-state index is 2.30. The second kappa shape index (κ2) is 5.92. The molecule has 0 saturated heterocycles. The molecule has 95 valence electrons. The summed E-state index contributed by atoms with van der Waals surface area (Å²) in [5, 5.41) is 0. The molecule has 0 spiro atoms. The third-order valence-electron chi connectivity index (χ3n) is 3.35. The van der Waals surface area contributed by atoms with Gasteiger partial charge in [-0.25, -0.2) is 0 Å². The minimum absolute atomic E-state index is 1.32. The Kier molecular flexibility index (Phi) is 4.26. The van der Waals surface area contributed by atoms with Gasteiger partial charge in [-0.3, -0.25) is 0 Å². The van der Waals surface area contributed by atoms with E-state index in [1.165, 1.54) is 33.2 Å². The fourth-order valence-corrected chi connectivity index (χ4v) is 2.49. The van der Waals surface area contributed by atoms with Gasteiger partial charge < -0.3 is 0 Å². The van der Waals surface area contributed by atoms with Crippen molar-refractivity contribution in [1.29, 1.82) is 0 Å². The zero-order valence-corrected chi connectivity index (χ0v) is 12.2. The van der Waals surface area contributed by atoms with Crippen LogP contribution in [0.25, 0.3) is 17.2 Å². The van der Waals surface area contributed by atoms with Gasteiger partial charge in [0.05, 0.1) is 0 Å². The van der Waals surface area contributed by atoms with Gasteiger partial charge in [-0.2, -0.15) is 0 Å². The molecule has 3 rings (SSSR count). The van der Waals surface area contributed by atoms with Crippen LogP contribution in [0, 0.1) is 6.92 Å². The molecule has 0 atom stereocenters. The van der Waals surface area contributed by atoms with Crippen LogP contribution in [0.4, 0.5) is 0 Å². The van der Waals surface area contributed by atoms with E-state index in [0.717, 1.165) is 0 Å². The number of rotatable bonds is 1. The molecule has 0 fully saturated rings. The summed E-state index contributed by atoms with van der Waals surface area (Å²) in [6, 6.07) is 13.2. The highest BCUT2D eigenvalue weighted by atomic mass is 14.1. The third-order valence-corrected chi connectivity index (χ3v) is 3.35. The Morgan fingerprint density at radius 2 is 1.68 bits per heavy atom. The summed E-state index contributed by atoms with van der Waals surface area (Å²) < 4.78 is 0. The number of hydrogen-bond acceptors (Lipinski definition) is 0. The maximum Gasteiger partial charge on any atom is 0.193 e. The predicted octanol–water partition coefficient (Wildman–Crippen LogP) is 3.69. The fraction of sp³-hybridized carbons (Fsp3) is 0.222. The van der Waals surface area contributed by atoms with Gasteiger partial charge in [-0.05, 0) is 42.2 Å². The molecule has 1 aliphatic heterocycles. The standard InChI is InChI=1S/C16H14B.C2H6/c1-3-6-12-10-14-13-7-4-5-8-15(13)17-16(14)9-11(12)2;1-2/h3-10H,1-2H3;1-2H3/b6-3-;. The summed E-state index contributed by atoms with van der Waals surface area (Å²) in [6.07, 6.45) is 4.27. The van der Waals surface area contributed by atoms with E-state index in [2.05, 4.69) is 69.7 Å². The van der Waals surface area contributed by atoms with Gasteiger partial charge in [0, 0.05) is 0 Å². The van der Waals surface area contributed by atoms with Crippen LogP contribution in [0.2, 0.25) is 0 Å². The zero-order chi connectivity index (χ0) is 13.8. The van der Waals surface area contributed by atoms with Gasteiger partial charge in [0.25, 0.3) is 0 Å². The zero-order valence-electron chi connectivity index (χ0n) is 12.2. The monoisotopic (exact) mass is 247 g/mol. The van der Waals surface area contributed by atoms with Crippen molar-refractivity contribution in [3.63, 3.8) is 0 Å².